The van der Waals surface area contributed by atoms with Crippen LogP contribution in [0.15, 0.2) is 12.2 Å². The van der Waals surface area contributed by atoms with E-state index < -0.39 is 0 Å². The fourth-order valence-corrected chi connectivity index (χ4v) is 5.81. The molecule has 1 heteroatoms. The van der Waals surface area contributed by atoms with Gasteiger partial charge in [0, 0.05) is 0 Å². The molecule has 1 unspecified atom stereocenters. The van der Waals surface area contributed by atoms with E-state index in [4.69, 9.17) is 0 Å². The van der Waals surface area contributed by atoms with Crippen molar-refractivity contribution in [2.24, 2.45) is 5.41 Å². The molecule has 0 rings (SSSR count). The van der Waals surface area contributed by atoms with E-state index in [1.54, 1.807) is 0 Å². The zero-order valence-electron chi connectivity index (χ0n) is 27.4. The first-order valence-corrected chi connectivity index (χ1v) is 18.0. The van der Waals surface area contributed by atoms with Gasteiger partial charge in [0.15, 0.2) is 0 Å². The van der Waals surface area contributed by atoms with Crippen LogP contribution in [0.25, 0.3) is 0 Å². The van der Waals surface area contributed by atoms with Crippen molar-refractivity contribution >= 4 is 0 Å². The summed E-state index contributed by atoms with van der Waals surface area (Å²) in [6.07, 6.45) is 44.6. The maximum atomic E-state index is 3.69. The van der Waals surface area contributed by atoms with Crippen LogP contribution >= 0.6 is 0 Å². The van der Waals surface area contributed by atoms with Crippen molar-refractivity contribution < 1.29 is 0 Å². The number of rotatable bonds is 32. The molecule has 0 aromatic rings. The molecule has 0 aromatic carbocycles. The second-order valence-corrected chi connectivity index (χ2v) is 12.9. The van der Waals surface area contributed by atoms with Gasteiger partial charge < -0.3 is 5.32 Å². The van der Waals surface area contributed by atoms with Crippen LogP contribution in [0.3, 0.4) is 0 Å². The molecule has 0 aliphatic carbocycles. The molecule has 0 fully saturated rings. The van der Waals surface area contributed by atoms with Crippen LogP contribution in [0.5, 0.6) is 0 Å². The topological polar surface area (TPSA) is 12.0 Å². The lowest BCUT2D eigenvalue weighted by Gasteiger charge is -2.28. The van der Waals surface area contributed by atoms with Gasteiger partial charge in [0.25, 0.3) is 0 Å². The monoisotopic (exact) mass is 534 g/mol. The van der Waals surface area contributed by atoms with E-state index in [2.05, 4.69) is 45.2 Å². The molecule has 1 N–H and O–H groups in total. The van der Waals surface area contributed by atoms with Crippen LogP contribution < -0.4 is 5.32 Å². The average molecular weight is 534 g/mol. The minimum atomic E-state index is 0.564. The number of hydrogen-bond acceptors (Lipinski definition) is 1. The van der Waals surface area contributed by atoms with Crippen molar-refractivity contribution in [1.82, 2.24) is 5.32 Å². The van der Waals surface area contributed by atoms with Crippen molar-refractivity contribution in [3.05, 3.63) is 12.2 Å². The van der Waals surface area contributed by atoms with Gasteiger partial charge in [-0.15, -0.1) is 0 Å². The first-order valence-electron chi connectivity index (χ1n) is 18.0. The Morgan fingerprint density at radius 3 is 1.29 bits per heavy atom. The van der Waals surface area contributed by atoms with Gasteiger partial charge >= 0.3 is 0 Å². The summed E-state index contributed by atoms with van der Waals surface area (Å²) in [5.41, 5.74) is 0.564. The molecule has 0 aliphatic heterocycles. The van der Waals surface area contributed by atoms with Gasteiger partial charge in [-0.3, -0.25) is 0 Å². The Kier molecular flexibility index (Phi) is 31.0. The smallest absolute Gasteiger partial charge is 0.00143 e. The molecule has 0 heterocycles. The van der Waals surface area contributed by atoms with Gasteiger partial charge in [-0.2, -0.15) is 0 Å². The lowest BCUT2D eigenvalue weighted by atomic mass is 9.78. The van der Waals surface area contributed by atoms with Crippen LogP contribution in [0.2, 0.25) is 0 Å². The average Bonchev–Trinajstić information content (AvgIpc) is 2.93. The minimum absolute atomic E-state index is 0.564. The van der Waals surface area contributed by atoms with Crippen LogP contribution in [-0.4, -0.2) is 13.1 Å². The molecule has 0 radical (unpaired) electrons. The number of nitrogens with one attached hydrogen (secondary N) is 1. The zero-order chi connectivity index (χ0) is 27.8. The molecule has 228 valence electrons. The Morgan fingerprint density at radius 1 is 0.421 bits per heavy atom. The fourth-order valence-electron chi connectivity index (χ4n) is 5.81. The van der Waals surface area contributed by atoms with E-state index in [9.17, 15) is 0 Å². The molecular weight excluding hydrogens is 458 g/mol. The third kappa shape index (κ3) is 28.7. The summed E-state index contributed by atoms with van der Waals surface area (Å²) < 4.78 is 0. The molecule has 0 saturated carbocycles. The van der Waals surface area contributed by atoms with Gasteiger partial charge in [0.1, 0.15) is 0 Å². The third-order valence-electron chi connectivity index (χ3n) is 9.00. The molecule has 0 saturated heterocycles. The molecule has 0 aliphatic rings. The summed E-state index contributed by atoms with van der Waals surface area (Å²) in [4.78, 5) is 0. The van der Waals surface area contributed by atoms with E-state index in [-0.39, 0.29) is 0 Å². The molecule has 1 nitrogen and oxygen atoms in total. The number of allylic oxidation sites excluding steroid dienone is 1. The van der Waals surface area contributed by atoms with Crippen molar-refractivity contribution in [3.63, 3.8) is 0 Å². The third-order valence-corrected chi connectivity index (χ3v) is 9.00. The predicted molar refractivity (Wildman–Crippen MR) is 176 cm³/mol. The van der Waals surface area contributed by atoms with E-state index in [1.807, 2.05) is 0 Å². The maximum Gasteiger partial charge on any atom is -0.00143 e. The van der Waals surface area contributed by atoms with Gasteiger partial charge in [0.2, 0.25) is 0 Å². The molecule has 0 aromatic heterocycles. The lowest BCUT2D eigenvalue weighted by Crippen LogP contribution is -2.21. The Labute approximate surface area is 243 Å². The van der Waals surface area contributed by atoms with Gasteiger partial charge in [-0.05, 0) is 57.0 Å². The second-order valence-electron chi connectivity index (χ2n) is 12.9. The highest BCUT2D eigenvalue weighted by Gasteiger charge is 2.20. The minimum Gasteiger partial charge on any atom is -0.316 e. The van der Waals surface area contributed by atoms with E-state index in [0.29, 0.717) is 5.41 Å². The fraction of sp³-hybridized carbons (Fsp3) is 0.946. The summed E-state index contributed by atoms with van der Waals surface area (Å²) >= 11 is 0. The van der Waals surface area contributed by atoms with Gasteiger partial charge in [-0.1, -0.05) is 181 Å². The summed E-state index contributed by atoms with van der Waals surface area (Å²) in [5, 5.41) is 3.69. The normalized spacial score (nSPS) is 13.5. The largest absolute Gasteiger partial charge is 0.316 e. The summed E-state index contributed by atoms with van der Waals surface area (Å²) in [7, 11) is 0. The van der Waals surface area contributed by atoms with E-state index in [1.165, 1.54) is 186 Å². The van der Waals surface area contributed by atoms with Crippen LogP contribution in [0, 0.1) is 5.41 Å². The van der Waals surface area contributed by atoms with Crippen LogP contribution in [-0.2, 0) is 0 Å². The molecule has 38 heavy (non-hydrogen) atoms. The molecule has 1 atom stereocenters. The van der Waals surface area contributed by atoms with Gasteiger partial charge in [-0.25, -0.2) is 0 Å². The summed E-state index contributed by atoms with van der Waals surface area (Å²) in [5.74, 6) is 0. The van der Waals surface area contributed by atoms with Crippen molar-refractivity contribution in [1.29, 1.82) is 0 Å². The van der Waals surface area contributed by atoms with Crippen molar-refractivity contribution in [2.45, 2.75) is 207 Å². The van der Waals surface area contributed by atoms with E-state index in [0.717, 1.165) is 6.54 Å². The highest BCUT2D eigenvalue weighted by molar-refractivity contribution is 4.82. The quantitative estimate of drug-likeness (QED) is 0.0669. The Morgan fingerprint density at radius 2 is 0.816 bits per heavy atom. The van der Waals surface area contributed by atoms with Crippen molar-refractivity contribution in [2.75, 3.05) is 13.1 Å². The highest BCUT2D eigenvalue weighted by Crippen LogP contribution is 2.33. The van der Waals surface area contributed by atoms with Gasteiger partial charge in [0.05, 0.1) is 0 Å². The molecule has 0 spiro atoms. The first kappa shape index (κ1) is 37.7. The Hall–Kier alpha value is -0.300. The lowest BCUT2D eigenvalue weighted by molar-refractivity contribution is 0.243. The summed E-state index contributed by atoms with van der Waals surface area (Å²) in [6, 6.07) is 0. The number of hydrogen-bond donors (Lipinski definition) is 1. The zero-order valence-corrected chi connectivity index (χ0v) is 27.4. The first-order chi connectivity index (χ1) is 18.7. The second kappa shape index (κ2) is 31.2. The Bertz CT molecular complexity index is 456. The van der Waals surface area contributed by atoms with Crippen LogP contribution in [0.1, 0.15) is 207 Å². The SMILES string of the molecule is CCCCCCCCCCC/C=C/CCNCCCC(C)(CC)CCCCCCCCCCCCCCC. The summed E-state index contributed by atoms with van der Waals surface area (Å²) in [6.45, 7) is 11.9. The Balaban J connectivity index is 3.45. The highest BCUT2D eigenvalue weighted by atomic mass is 14.8. The molecule has 0 bridgehead atoms. The van der Waals surface area contributed by atoms with E-state index >= 15 is 0 Å². The standard InChI is InChI=1S/C37H75N/c1-5-8-10-12-14-16-18-20-22-24-26-28-30-33-37(4,7-3)34-32-36-38-35-31-29-27-25-23-21-19-17-15-13-11-9-6-2/h27,29,38H,5-26,28,30-36H2,1-4H3/b29-27+. The molecular formula is C37H75N. The van der Waals surface area contributed by atoms with Crippen molar-refractivity contribution in [3.8, 4) is 0 Å². The number of unbranched alkanes of at least 4 members (excludes halogenated alkanes) is 21. The molecule has 0 amide bonds. The van der Waals surface area contributed by atoms with Crippen LogP contribution in [0.4, 0.5) is 0 Å². The predicted octanol–water partition coefficient (Wildman–Crippen LogP) is 13.1. The maximum absolute atomic E-state index is 3.69.